The lowest BCUT2D eigenvalue weighted by Crippen LogP contribution is -2.32. The van der Waals surface area contributed by atoms with Crippen LogP contribution in [0.5, 0.6) is 0 Å². The molecule has 0 aliphatic carbocycles. The van der Waals surface area contributed by atoms with E-state index in [1.807, 2.05) is 19.2 Å². The highest BCUT2D eigenvalue weighted by atomic mass is 16.1. The zero-order chi connectivity index (χ0) is 12.1. The van der Waals surface area contributed by atoms with Crippen molar-refractivity contribution in [2.75, 3.05) is 6.54 Å². The van der Waals surface area contributed by atoms with Gasteiger partial charge in [-0.3, -0.25) is 9.78 Å². The van der Waals surface area contributed by atoms with Crippen molar-refractivity contribution >= 4 is 5.91 Å². The number of rotatable bonds is 3. The number of nitrogens with zero attached hydrogens (tertiary/aromatic N) is 1. The second-order valence-electron chi connectivity index (χ2n) is 4.58. The van der Waals surface area contributed by atoms with E-state index in [0.717, 1.165) is 31.6 Å². The number of pyridine rings is 1. The zero-order valence-electron chi connectivity index (χ0n) is 10.2. The topological polar surface area (TPSA) is 54.0 Å². The molecular formula is C13H19N3O. The van der Waals surface area contributed by atoms with Gasteiger partial charge < -0.3 is 10.6 Å². The monoisotopic (exact) mass is 233 g/mol. The van der Waals surface area contributed by atoms with E-state index in [4.69, 9.17) is 0 Å². The van der Waals surface area contributed by atoms with E-state index < -0.39 is 0 Å². The van der Waals surface area contributed by atoms with Crippen molar-refractivity contribution in [1.82, 2.24) is 15.6 Å². The predicted octanol–water partition coefficient (Wildman–Crippen LogP) is 1.15. The molecular weight excluding hydrogens is 214 g/mol. The van der Waals surface area contributed by atoms with Gasteiger partial charge in [-0.1, -0.05) is 6.07 Å². The van der Waals surface area contributed by atoms with E-state index in [-0.39, 0.29) is 5.91 Å². The molecule has 1 fully saturated rings. The van der Waals surface area contributed by atoms with Crippen LogP contribution in [-0.4, -0.2) is 23.5 Å². The minimum absolute atomic E-state index is 0.155. The van der Waals surface area contributed by atoms with Crippen LogP contribution in [0.25, 0.3) is 0 Å². The summed E-state index contributed by atoms with van der Waals surface area (Å²) in [5, 5.41) is 6.32. The van der Waals surface area contributed by atoms with Crippen molar-refractivity contribution in [3.05, 3.63) is 29.6 Å². The molecule has 4 nitrogen and oxygen atoms in total. The van der Waals surface area contributed by atoms with E-state index in [9.17, 15) is 4.79 Å². The summed E-state index contributed by atoms with van der Waals surface area (Å²) in [6.07, 6.45) is 4.58. The second kappa shape index (κ2) is 5.77. The van der Waals surface area contributed by atoms with Crippen LogP contribution < -0.4 is 10.6 Å². The van der Waals surface area contributed by atoms with Crippen LogP contribution in [0.2, 0.25) is 0 Å². The van der Waals surface area contributed by atoms with E-state index in [0.29, 0.717) is 12.5 Å². The van der Waals surface area contributed by atoms with Crippen molar-refractivity contribution in [2.45, 2.75) is 38.8 Å². The Morgan fingerprint density at radius 2 is 2.41 bits per heavy atom. The van der Waals surface area contributed by atoms with Gasteiger partial charge in [0.2, 0.25) is 5.91 Å². The fraction of sp³-hybridized carbons (Fsp3) is 0.538. The van der Waals surface area contributed by atoms with Gasteiger partial charge in [0.1, 0.15) is 0 Å². The minimum atomic E-state index is 0.155. The average molecular weight is 233 g/mol. The molecule has 4 heteroatoms. The van der Waals surface area contributed by atoms with Crippen molar-refractivity contribution in [1.29, 1.82) is 0 Å². The molecule has 17 heavy (non-hydrogen) atoms. The summed E-state index contributed by atoms with van der Waals surface area (Å²) in [6.45, 7) is 3.57. The predicted molar refractivity (Wildman–Crippen MR) is 66.5 cm³/mol. The molecule has 0 aromatic carbocycles. The second-order valence-corrected chi connectivity index (χ2v) is 4.58. The van der Waals surface area contributed by atoms with Crippen LogP contribution in [-0.2, 0) is 11.3 Å². The molecule has 0 spiro atoms. The Morgan fingerprint density at radius 3 is 3.18 bits per heavy atom. The Balaban J connectivity index is 1.84. The summed E-state index contributed by atoms with van der Waals surface area (Å²) in [7, 11) is 0. The number of hydrogen-bond acceptors (Lipinski definition) is 3. The van der Waals surface area contributed by atoms with Crippen LogP contribution in [0.15, 0.2) is 18.3 Å². The van der Waals surface area contributed by atoms with Crippen LogP contribution in [0.3, 0.4) is 0 Å². The highest BCUT2D eigenvalue weighted by Gasteiger charge is 2.16. The first-order valence-corrected chi connectivity index (χ1v) is 6.15. The largest absolute Gasteiger partial charge is 0.356 e. The number of aryl methyl sites for hydroxylation is 1. The molecule has 0 saturated carbocycles. The summed E-state index contributed by atoms with van der Waals surface area (Å²) >= 11 is 0. The van der Waals surface area contributed by atoms with Gasteiger partial charge in [0, 0.05) is 37.4 Å². The fourth-order valence-corrected chi connectivity index (χ4v) is 2.01. The molecule has 2 heterocycles. The lowest BCUT2D eigenvalue weighted by atomic mass is 10.1. The van der Waals surface area contributed by atoms with Crippen LogP contribution in [0.4, 0.5) is 0 Å². The standard InChI is InChI=1S/C13H19N3O/c1-10-4-5-11(8-15-10)9-16-12-3-2-6-14-13(17)7-12/h4-5,8,12,16H,2-3,6-7,9H2,1H3,(H,14,17). The van der Waals surface area contributed by atoms with Gasteiger partial charge in [-0.25, -0.2) is 0 Å². The number of amides is 1. The summed E-state index contributed by atoms with van der Waals surface area (Å²) in [5.74, 6) is 0.155. The lowest BCUT2D eigenvalue weighted by Gasteiger charge is -2.14. The van der Waals surface area contributed by atoms with Crippen molar-refractivity contribution in [3.8, 4) is 0 Å². The highest BCUT2D eigenvalue weighted by Crippen LogP contribution is 2.07. The van der Waals surface area contributed by atoms with Crippen LogP contribution in [0, 0.1) is 6.92 Å². The Morgan fingerprint density at radius 1 is 1.53 bits per heavy atom. The molecule has 1 aromatic rings. The van der Waals surface area contributed by atoms with Crippen molar-refractivity contribution in [3.63, 3.8) is 0 Å². The molecule has 1 aliphatic heterocycles. The Bertz CT molecular complexity index is 375. The molecule has 92 valence electrons. The fourth-order valence-electron chi connectivity index (χ4n) is 2.01. The Hall–Kier alpha value is -1.42. The molecule has 1 amide bonds. The first-order chi connectivity index (χ1) is 8.24. The Labute approximate surface area is 102 Å². The van der Waals surface area contributed by atoms with Crippen molar-refractivity contribution < 1.29 is 4.79 Å². The lowest BCUT2D eigenvalue weighted by molar-refractivity contribution is -0.121. The molecule has 2 N–H and O–H groups in total. The maximum atomic E-state index is 11.4. The van der Waals surface area contributed by atoms with E-state index in [1.54, 1.807) is 0 Å². The van der Waals surface area contributed by atoms with E-state index >= 15 is 0 Å². The molecule has 1 aromatic heterocycles. The first kappa shape index (κ1) is 12.0. The van der Waals surface area contributed by atoms with Gasteiger partial charge >= 0.3 is 0 Å². The van der Waals surface area contributed by atoms with Gasteiger partial charge in [-0.2, -0.15) is 0 Å². The molecule has 0 bridgehead atoms. The zero-order valence-corrected chi connectivity index (χ0v) is 10.2. The first-order valence-electron chi connectivity index (χ1n) is 6.15. The van der Waals surface area contributed by atoms with E-state index in [2.05, 4.69) is 21.7 Å². The van der Waals surface area contributed by atoms with Gasteiger partial charge in [0.05, 0.1) is 0 Å². The van der Waals surface area contributed by atoms with Gasteiger partial charge in [-0.05, 0) is 31.4 Å². The minimum Gasteiger partial charge on any atom is -0.356 e. The highest BCUT2D eigenvalue weighted by molar-refractivity contribution is 5.76. The maximum Gasteiger partial charge on any atom is 0.221 e. The number of aromatic nitrogens is 1. The molecule has 1 aliphatic rings. The normalized spacial score (nSPS) is 20.8. The molecule has 1 atom stereocenters. The van der Waals surface area contributed by atoms with Crippen LogP contribution in [0.1, 0.15) is 30.5 Å². The van der Waals surface area contributed by atoms with E-state index in [1.165, 1.54) is 5.56 Å². The average Bonchev–Trinajstić information content (AvgIpc) is 2.53. The quantitative estimate of drug-likeness (QED) is 0.823. The van der Waals surface area contributed by atoms with Gasteiger partial charge in [0.25, 0.3) is 0 Å². The number of nitrogens with one attached hydrogen (secondary N) is 2. The van der Waals surface area contributed by atoms with Gasteiger partial charge in [0.15, 0.2) is 0 Å². The molecule has 2 rings (SSSR count). The summed E-state index contributed by atoms with van der Waals surface area (Å²) in [6, 6.07) is 4.38. The number of hydrogen-bond donors (Lipinski definition) is 2. The number of carbonyl (C=O) groups excluding carboxylic acids is 1. The van der Waals surface area contributed by atoms with Gasteiger partial charge in [-0.15, -0.1) is 0 Å². The number of carbonyl (C=O) groups is 1. The summed E-state index contributed by atoms with van der Waals surface area (Å²) < 4.78 is 0. The smallest absolute Gasteiger partial charge is 0.221 e. The maximum absolute atomic E-state index is 11.4. The summed E-state index contributed by atoms with van der Waals surface area (Å²) in [4.78, 5) is 15.6. The Kier molecular flexibility index (Phi) is 4.09. The van der Waals surface area contributed by atoms with Crippen molar-refractivity contribution in [2.24, 2.45) is 0 Å². The third kappa shape index (κ3) is 3.82. The molecule has 1 saturated heterocycles. The molecule has 0 radical (unpaired) electrons. The SMILES string of the molecule is Cc1ccc(CNC2CCCNC(=O)C2)cn1. The summed E-state index contributed by atoms with van der Waals surface area (Å²) in [5.41, 5.74) is 2.20. The molecule has 1 unspecified atom stereocenters. The van der Waals surface area contributed by atoms with Crippen LogP contribution >= 0.6 is 0 Å². The third-order valence-electron chi connectivity index (χ3n) is 3.05. The third-order valence-corrected chi connectivity index (χ3v) is 3.05.